The highest BCUT2D eigenvalue weighted by atomic mass is 35.5. The largest absolute Gasteiger partial charge is 0.447 e. The average Bonchev–Trinajstić information content (AvgIpc) is 3.32. The van der Waals surface area contributed by atoms with Gasteiger partial charge in [0.15, 0.2) is 0 Å². The lowest BCUT2D eigenvalue weighted by Crippen LogP contribution is -2.33. The van der Waals surface area contributed by atoms with E-state index in [4.69, 9.17) is 16.3 Å². The molecule has 4 nitrogen and oxygen atoms in total. The fraction of sp³-hybridized carbons (Fsp3) is 0.333. The van der Waals surface area contributed by atoms with Crippen LogP contribution in [0.25, 0.3) is 0 Å². The van der Waals surface area contributed by atoms with Gasteiger partial charge in [0.2, 0.25) is 6.10 Å². The Balaban J connectivity index is 1.55. The number of hydrogen-bond donors (Lipinski definition) is 1. The number of nitrogens with one attached hydrogen (secondary N) is 1. The van der Waals surface area contributed by atoms with E-state index in [0.29, 0.717) is 11.3 Å². The Bertz CT molecular complexity index is 731. The van der Waals surface area contributed by atoms with Crippen LogP contribution in [-0.4, -0.2) is 23.7 Å². The van der Waals surface area contributed by atoms with Gasteiger partial charge >= 0.3 is 5.97 Å². The summed E-state index contributed by atoms with van der Waals surface area (Å²) in [5.41, 5.74) is 0.684. The molecule has 1 aromatic carbocycles. The summed E-state index contributed by atoms with van der Waals surface area (Å²) >= 11 is 8.84. The molecule has 0 bridgehead atoms. The molecule has 3 rings (SSSR count). The summed E-state index contributed by atoms with van der Waals surface area (Å²) in [6.07, 6.45) is 1.08. The molecular weight excluding hydrogens is 378 g/mol. The van der Waals surface area contributed by atoms with E-state index in [2.05, 4.69) is 5.32 Å². The molecule has 1 saturated carbocycles. The standard InChI is InChI=1S/C18H18ClNO3S2/c19-15-9-8-14(25-15)10-24-11-16(21)23-17(12-4-2-1-3-5-12)18(22)20-13-6-7-13/h1-5,8-9,13,17H,6-7,10-11H2,(H,20,22)/t17-/m1/s1. The van der Waals surface area contributed by atoms with E-state index in [-0.39, 0.29) is 17.7 Å². The summed E-state index contributed by atoms with van der Waals surface area (Å²) in [4.78, 5) is 25.7. The highest BCUT2D eigenvalue weighted by molar-refractivity contribution is 7.99. The number of amides is 1. The third-order valence-corrected chi connectivity index (χ3v) is 5.98. The van der Waals surface area contributed by atoms with Gasteiger partial charge in [0.05, 0.1) is 10.1 Å². The first-order valence-electron chi connectivity index (χ1n) is 7.98. The fourth-order valence-corrected chi connectivity index (χ4v) is 4.24. The number of ether oxygens (including phenoxy) is 1. The maximum Gasteiger partial charge on any atom is 0.317 e. The monoisotopic (exact) mass is 395 g/mol. The van der Waals surface area contributed by atoms with Crippen LogP contribution in [0.4, 0.5) is 0 Å². The van der Waals surface area contributed by atoms with Gasteiger partial charge in [-0.15, -0.1) is 23.1 Å². The topological polar surface area (TPSA) is 55.4 Å². The molecule has 1 heterocycles. The van der Waals surface area contributed by atoms with E-state index in [0.717, 1.165) is 22.1 Å². The summed E-state index contributed by atoms with van der Waals surface area (Å²) in [6.45, 7) is 0. The molecule has 0 spiro atoms. The smallest absolute Gasteiger partial charge is 0.317 e. The van der Waals surface area contributed by atoms with Gasteiger partial charge in [-0.05, 0) is 25.0 Å². The minimum Gasteiger partial charge on any atom is -0.447 e. The van der Waals surface area contributed by atoms with Crippen LogP contribution in [0.3, 0.4) is 0 Å². The number of halogens is 1. The Labute approximate surface area is 159 Å². The van der Waals surface area contributed by atoms with Crippen molar-refractivity contribution < 1.29 is 14.3 Å². The van der Waals surface area contributed by atoms with Crippen LogP contribution in [0.2, 0.25) is 4.34 Å². The SMILES string of the molecule is O=C(CSCc1ccc(Cl)s1)O[C@@H](C(=O)NC1CC1)c1ccccc1. The second-order valence-electron chi connectivity index (χ2n) is 5.76. The molecule has 1 aromatic heterocycles. The van der Waals surface area contributed by atoms with E-state index >= 15 is 0 Å². The Hall–Kier alpha value is -1.50. The van der Waals surface area contributed by atoms with Crippen LogP contribution >= 0.6 is 34.7 Å². The molecule has 132 valence electrons. The van der Waals surface area contributed by atoms with E-state index in [1.165, 1.54) is 23.1 Å². The molecule has 0 unspecified atom stereocenters. The zero-order valence-corrected chi connectivity index (χ0v) is 15.8. The molecular formula is C18H18ClNO3S2. The number of rotatable bonds is 8. The van der Waals surface area contributed by atoms with Crippen LogP contribution < -0.4 is 5.32 Å². The number of carbonyl (C=O) groups excluding carboxylic acids is 2. The number of thioether (sulfide) groups is 1. The summed E-state index contributed by atoms with van der Waals surface area (Å²) in [5, 5.41) is 2.91. The highest BCUT2D eigenvalue weighted by Crippen LogP contribution is 2.26. The molecule has 7 heteroatoms. The number of esters is 1. The molecule has 25 heavy (non-hydrogen) atoms. The van der Waals surface area contributed by atoms with Gasteiger partial charge in [0.1, 0.15) is 0 Å². The molecule has 1 aliphatic carbocycles. The first-order valence-corrected chi connectivity index (χ1v) is 10.3. The van der Waals surface area contributed by atoms with Crippen LogP contribution in [-0.2, 0) is 20.1 Å². The van der Waals surface area contributed by atoms with Crippen molar-refractivity contribution >= 4 is 46.6 Å². The van der Waals surface area contributed by atoms with Crippen LogP contribution in [0.15, 0.2) is 42.5 Å². The first-order chi connectivity index (χ1) is 12.1. The van der Waals surface area contributed by atoms with Gasteiger partial charge in [-0.25, -0.2) is 0 Å². The van der Waals surface area contributed by atoms with E-state index in [9.17, 15) is 9.59 Å². The summed E-state index contributed by atoms with van der Waals surface area (Å²) in [6, 6.07) is 13.1. The molecule has 1 N–H and O–H groups in total. The third kappa shape index (κ3) is 5.76. The van der Waals surface area contributed by atoms with Crippen molar-refractivity contribution in [3.63, 3.8) is 0 Å². The zero-order chi connectivity index (χ0) is 17.6. The molecule has 0 aliphatic heterocycles. The summed E-state index contributed by atoms with van der Waals surface area (Å²) in [7, 11) is 0. The van der Waals surface area contributed by atoms with Crippen molar-refractivity contribution in [3.8, 4) is 0 Å². The van der Waals surface area contributed by atoms with Crippen LogP contribution in [0.1, 0.15) is 29.4 Å². The molecule has 0 saturated heterocycles. The third-order valence-electron chi connectivity index (χ3n) is 3.61. The molecule has 0 radical (unpaired) electrons. The predicted octanol–water partition coefficient (Wildman–Crippen LogP) is 4.20. The predicted molar refractivity (Wildman–Crippen MR) is 102 cm³/mol. The number of carbonyl (C=O) groups is 2. The Morgan fingerprint density at radius 1 is 1.24 bits per heavy atom. The molecule has 1 fully saturated rings. The van der Waals surface area contributed by atoms with Crippen molar-refractivity contribution in [2.75, 3.05) is 5.75 Å². The van der Waals surface area contributed by atoms with Crippen LogP contribution in [0.5, 0.6) is 0 Å². The lowest BCUT2D eigenvalue weighted by atomic mass is 10.1. The molecule has 1 aliphatic rings. The lowest BCUT2D eigenvalue weighted by Gasteiger charge is -2.18. The quantitative estimate of drug-likeness (QED) is 0.680. The number of hydrogen-bond acceptors (Lipinski definition) is 5. The van der Waals surface area contributed by atoms with Gasteiger partial charge in [-0.3, -0.25) is 9.59 Å². The minimum absolute atomic E-state index is 0.190. The second kappa shape index (κ2) is 8.74. The number of thiophene rings is 1. The Morgan fingerprint density at radius 3 is 2.64 bits per heavy atom. The Morgan fingerprint density at radius 2 is 2.00 bits per heavy atom. The van der Waals surface area contributed by atoms with E-state index < -0.39 is 12.1 Å². The average molecular weight is 396 g/mol. The van der Waals surface area contributed by atoms with Crippen molar-refractivity contribution in [3.05, 3.63) is 57.2 Å². The fourth-order valence-electron chi connectivity index (χ4n) is 2.24. The number of benzene rings is 1. The molecule has 1 amide bonds. The lowest BCUT2D eigenvalue weighted by molar-refractivity contribution is -0.154. The van der Waals surface area contributed by atoms with Crippen LogP contribution in [0, 0.1) is 0 Å². The Kier molecular flexibility index (Phi) is 6.39. The molecule has 1 atom stereocenters. The van der Waals surface area contributed by atoms with Gasteiger partial charge in [0.25, 0.3) is 5.91 Å². The summed E-state index contributed by atoms with van der Waals surface area (Å²) in [5.74, 6) is 0.233. The normalized spacial score (nSPS) is 14.8. The minimum atomic E-state index is -0.897. The van der Waals surface area contributed by atoms with E-state index in [1.54, 1.807) is 12.1 Å². The maximum absolute atomic E-state index is 12.4. The highest BCUT2D eigenvalue weighted by Gasteiger charge is 2.30. The van der Waals surface area contributed by atoms with Crippen molar-refractivity contribution in [1.29, 1.82) is 0 Å². The van der Waals surface area contributed by atoms with Gasteiger partial charge in [-0.2, -0.15) is 0 Å². The maximum atomic E-state index is 12.4. The van der Waals surface area contributed by atoms with E-state index in [1.807, 2.05) is 30.3 Å². The second-order valence-corrected chi connectivity index (χ2v) is 8.55. The van der Waals surface area contributed by atoms with Crippen molar-refractivity contribution in [1.82, 2.24) is 5.32 Å². The zero-order valence-electron chi connectivity index (χ0n) is 13.4. The van der Waals surface area contributed by atoms with Gasteiger partial charge in [0, 0.05) is 22.2 Å². The summed E-state index contributed by atoms with van der Waals surface area (Å²) < 4.78 is 6.21. The molecule has 2 aromatic rings. The van der Waals surface area contributed by atoms with Gasteiger partial charge < -0.3 is 10.1 Å². The first kappa shape index (κ1) is 18.3. The van der Waals surface area contributed by atoms with Gasteiger partial charge in [-0.1, -0.05) is 41.9 Å². The van der Waals surface area contributed by atoms with Crippen molar-refractivity contribution in [2.24, 2.45) is 0 Å². The van der Waals surface area contributed by atoms with Crippen molar-refractivity contribution in [2.45, 2.75) is 30.7 Å².